The summed E-state index contributed by atoms with van der Waals surface area (Å²) in [5, 5.41) is 9.76. The molecule has 4 nitrogen and oxygen atoms in total. The number of carboxylic acid groups (broad SMARTS) is 1. The molecule has 0 saturated carbocycles. The normalized spacial score (nSPS) is 11.1. The number of rotatable bonds is 3. The first-order chi connectivity index (χ1) is 8.45. The lowest BCUT2D eigenvalue weighted by Crippen LogP contribution is -2.01. The van der Waals surface area contributed by atoms with Gasteiger partial charge in [0.05, 0.1) is 11.1 Å². The molecule has 0 aliphatic heterocycles. The summed E-state index contributed by atoms with van der Waals surface area (Å²) < 4.78 is 2.00. The Labute approximate surface area is 105 Å². The van der Waals surface area contributed by atoms with Crippen LogP contribution in [0.25, 0.3) is 10.9 Å². The summed E-state index contributed by atoms with van der Waals surface area (Å²) in [4.78, 5) is 22.1. The summed E-state index contributed by atoms with van der Waals surface area (Å²) in [5.41, 5.74) is 2.54. The van der Waals surface area contributed by atoms with Gasteiger partial charge in [0, 0.05) is 23.2 Å². The van der Waals surface area contributed by atoms with E-state index in [0.29, 0.717) is 10.9 Å². The number of fused-ring (bicyclic) bond motifs is 1. The number of aromatic nitrogens is 1. The van der Waals surface area contributed by atoms with Crippen molar-refractivity contribution in [2.45, 2.75) is 26.8 Å². The molecule has 0 unspecified atom stereocenters. The van der Waals surface area contributed by atoms with Gasteiger partial charge in [0.2, 0.25) is 0 Å². The molecule has 1 aromatic carbocycles. The van der Waals surface area contributed by atoms with Crippen molar-refractivity contribution < 1.29 is 14.7 Å². The average molecular weight is 245 g/mol. The van der Waals surface area contributed by atoms with E-state index in [-0.39, 0.29) is 11.6 Å². The number of nitrogens with zero attached hydrogens (tertiary/aromatic N) is 1. The molecular weight excluding hydrogens is 230 g/mol. The molecule has 0 saturated heterocycles. The van der Waals surface area contributed by atoms with E-state index in [4.69, 9.17) is 5.11 Å². The summed E-state index contributed by atoms with van der Waals surface area (Å²) >= 11 is 0. The van der Waals surface area contributed by atoms with Crippen molar-refractivity contribution >= 4 is 23.2 Å². The number of hydrogen-bond donors (Lipinski definition) is 1. The molecule has 1 aromatic heterocycles. The molecule has 2 aromatic rings. The minimum absolute atomic E-state index is 0.213. The SMILES string of the molecule is Cc1cc(C(=O)O)cc2c(C=O)cn(C(C)C)c12. The van der Waals surface area contributed by atoms with Gasteiger partial charge in [0.25, 0.3) is 0 Å². The number of carbonyl (C=O) groups excluding carboxylic acids is 1. The van der Waals surface area contributed by atoms with Gasteiger partial charge in [-0.2, -0.15) is 0 Å². The van der Waals surface area contributed by atoms with Crippen molar-refractivity contribution in [1.29, 1.82) is 0 Å². The Morgan fingerprint density at radius 2 is 2.06 bits per heavy atom. The molecule has 0 radical (unpaired) electrons. The number of aryl methyl sites for hydroxylation is 1. The predicted octanol–water partition coefficient (Wildman–Crippen LogP) is 3.04. The zero-order valence-electron chi connectivity index (χ0n) is 10.6. The topological polar surface area (TPSA) is 59.3 Å². The first-order valence-electron chi connectivity index (χ1n) is 5.79. The van der Waals surface area contributed by atoms with E-state index in [0.717, 1.165) is 17.4 Å². The summed E-state index contributed by atoms with van der Waals surface area (Å²) in [5.74, 6) is -0.978. The van der Waals surface area contributed by atoms with Crippen molar-refractivity contribution in [3.63, 3.8) is 0 Å². The zero-order valence-corrected chi connectivity index (χ0v) is 10.6. The summed E-state index contributed by atoms with van der Waals surface area (Å²) in [6, 6.07) is 3.42. The predicted molar refractivity (Wildman–Crippen MR) is 69.4 cm³/mol. The third-order valence-electron chi connectivity index (χ3n) is 3.08. The van der Waals surface area contributed by atoms with Gasteiger partial charge in [-0.3, -0.25) is 4.79 Å². The molecular formula is C14H15NO3. The van der Waals surface area contributed by atoms with E-state index in [1.807, 2.05) is 25.3 Å². The number of aromatic carboxylic acids is 1. The van der Waals surface area contributed by atoms with Gasteiger partial charge in [-0.25, -0.2) is 4.79 Å². The maximum absolute atomic E-state index is 11.1. The molecule has 0 bridgehead atoms. The Morgan fingerprint density at radius 1 is 1.39 bits per heavy atom. The Kier molecular flexibility index (Phi) is 2.95. The molecule has 1 N–H and O–H groups in total. The molecule has 0 aliphatic carbocycles. The van der Waals surface area contributed by atoms with Crippen molar-refractivity contribution in [3.05, 3.63) is 35.0 Å². The van der Waals surface area contributed by atoms with Gasteiger partial charge < -0.3 is 9.67 Å². The maximum atomic E-state index is 11.1. The van der Waals surface area contributed by atoms with Crippen molar-refractivity contribution in [2.24, 2.45) is 0 Å². The zero-order chi connectivity index (χ0) is 13.4. The summed E-state index contributed by atoms with van der Waals surface area (Å²) in [6.45, 7) is 5.92. The number of benzene rings is 1. The van der Waals surface area contributed by atoms with E-state index in [9.17, 15) is 9.59 Å². The van der Waals surface area contributed by atoms with Gasteiger partial charge in [0.1, 0.15) is 0 Å². The smallest absolute Gasteiger partial charge is 0.335 e. The molecule has 94 valence electrons. The Bertz CT molecular complexity index is 638. The molecule has 0 spiro atoms. The third kappa shape index (κ3) is 1.79. The Balaban J connectivity index is 2.87. The summed E-state index contributed by atoms with van der Waals surface area (Å²) in [6.07, 6.45) is 2.55. The molecule has 0 aliphatic rings. The van der Waals surface area contributed by atoms with E-state index in [2.05, 4.69) is 0 Å². The van der Waals surface area contributed by atoms with Gasteiger partial charge in [-0.15, -0.1) is 0 Å². The molecule has 18 heavy (non-hydrogen) atoms. The minimum atomic E-state index is -0.978. The van der Waals surface area contributed by atoms with Crippen LogP contribution in [0.5, 0.6) is 0 Å². The second-order valence-electron chi connectivity index (χ2n) is 4.70. The van der Waals surface area contributed by atoms with Crippen LogP contribution >= 0.6 is 0 Å². The highest BCUT2D eigenvalue weighted by molar-refractivity contribution is 6.02. The van der Waals surface area contributed by atoms with Crippen LogP contribution in [0.1, 0.15) is 46.2 Å². The van der Waals surface area contributed by atoms with Crippen LogP contribution in [0, 0.1) is 6.92 Å². The Morgan fingerprint density at radius 3 is 2.56 bits per heavy atom. The molecule has 0 amide bonds. The van der Waals surface area contributed by atoms with Crippen LogP contribution in [0.15, 0.2) is 18.3 Å². The van der Waals surface area contributed by atoms with Crippen LogP contribution in [-0.4, -0.2) is 21.9 Å². The van der Waals surface area contributed by atoms with Gasteiger partial charge >= 0.3 is 5.97 Å². The highest BCUT2D eigenvalue weighted by atomic mass is 16.4. The second-order valence-corrected chi connectivity index (χ2v) is 4.70. The van der Waals surface area contributed by atoms with E-state index >= 15 is 0 Å². The molecule has 2 rings (SSSR count). The monoisotopic (exact) mass is 245 g/mol. The lowest BCUT2D eigenvalue weighted by atomic mass is 10.1. The maximum Gasteiger partial charge on any atom is 0.335 e. The van der Waals surface area contributed by atoms with Crippen LogP contribution in [0.2, 0.25) is 0 Å². The standard InChI is InChI=1S/C14H15NO3/c1-8(2)15-6-11(7-16)12-5-10(14(17)18)4-9(3)13(12)15/h4-8H,1-3H3,(H,17,18). The highest BCUT2D eigenvalue weighted by Gasteiger charge is 2.15. The summed E-state index contributed by atoms with van der Waals surface area (Å²) in [7, 11) is 0. The quantitative estimate of drug-likeness (QED) is 0.845. The first kappa shape index (κ1) is 12.4. The fraction of sp³-hybridized carbons (Fsp3) is 0.286. The Hall–Kier alpha value is -2.10. The number of carbonyl (C=O) groups is 2. The number of carboxylic acids is 1. The highest BCUT2D eigenvalue weighted by Crippen LogP contribution is 2.28. The van der Waals surface area contributed by atoms with Crippen LogP contribution < -0.4 is 0 Å². The van der Waals surface area contributed by atoms with Crippen molar-refractivity contribution in [1.82, 2.24) is 4.57 Å². The fourth-order valence-corrected chi connectivity index (χ4v) is 2.25. The molecule has 1 heterocycles. The van der Waals surface area contributed by atoms with E-state index < -0.39 is 5.97 Å². The largest absolute Gasteiger partial charge is 0.478 e. The van der Waals surface area contributed by atoms with Crippen molar-refractivity contribution in [2.75, 3.05) is 0 Å². The van der Waals surface area contributed by atoms with Crippen molar-refractivity contribution in [3.8, 4) is 0 Å². The lowest BCUT2D eigenvalue weighted by Gasteiger charge is -2.11. The van der Waals surface area contributed by atoms with Crippen LogP contribution in [0.3, 0.4) is 0 Å². The van der Waals surface area contributed by atoms with Crippen LogP contribution in [0.4, 0.5) is 0 Å². The fourth-order valence-electron chi connectivity index (χ4n) is 2.25. The van der Waals surface area contributed by atoms with Gasteiger partial charge in [-0.05, 0) is 38.5 Å². The molecule has 4 heteroatoms. The molecule has 0 fully saturated rings. The number of hydrogen-bond acceptors (Lipinski definition) is 2. The third-order valence-corrected chi connectivity index (χ3v) is 3.08. The molecule has 0 atom stereocenters. The second kappa shape index (κ2) is 4.29. The van der Waals surface area contributed by atoms with Crippen LogP contribution in [-0.2, 0) is 0 Å². The van der Waals surface area contributed by atoms with E-state index in [1.54, 1.807) is 18.3 Å². The van der Waals surface area contributed by atoms with Gasteiger partial charge in [0.15, 0.2) is 6.29 Å². The lowest BCUT2D eigenvalue weighted by molar-refractivity contribution is 0.0696. The van der Waals surface area contributed by atoms with E-state index in [1.165, 1.54) is 0 Å². The average Bonchev–Trinajstić information content (AvgIpc) is 2.68. The first-order valence-corrected chi connectivity index (χ1v) is 5.79. The number of aldehydes is 1. The minimum Gasteiger partial charge on any atom is -0.478 e. The van der Waals surface area contributed by atoms with Gasteiger partial charge in [-0.1, -0.05) is 0 Å².